The lowest BCUT2D eigenvalue weighted by atomic mass is 9.94. The molecule has 18 heteroatoms. The van der Waals surface area contributed by atoms with Crippen LogP contribution >= 0.6 is 0 Å². The quantitative estimate of drug-likeness (QED) is 0.315. The first-order valence-electron chi connectivity index (χ1n) is 11.1. The summed E-state index contributed by atoms with van der Waals surface area (Å²) in [6.45, 7) is -1.00. The number of carbonyl (C=O) groups excluding carboxylic acids is 2. The summed E-state index contributed by atoms with van der Waals surface area (Å²) in [6, 6.07) is -1.13. The number of halogens is 14. The average Bonchev–Trinajstić information content (AvgIpc) is 2.83. The minimum atomic E-state index is -5.51. The summed E-state index contributed by atoms with van der Waals surface area (Å²) in [6.07, 6.45) is -21.6. The van der Waals surface area contributed by atoms with Crippen molar-refractivity contribution in [3.8, 4) is 0 Å². The van der Waals surface area contributed by atoms with E-state index in [1.54, 1.807) is 5.32 Å². The number of allylic oxidation sites excluding steroid dienone is 1. The highest BCUT2D eigenvalue weighted by Gasteiger charge is 2.42. The number of amides is 2. The molecule has 0 aromatic heterocycles. The van der Waals surface area contributed by atoms with Gasteiger partial charge >= 0.3 is 24.7 Å². The summed E-state index contributed by atoms with van der Waals surface area (Å²) >= 11 is 0. The third-order valence-corrected chi connectivity index (χ3v) is 5.37. The summed E-state index contributed by atoms with van der Waals surface area (Å²) in [5.74, 6) is -10.3. The van der Waals surface area contributed by atoms with Crippen molar-refractivity contribution < 1.29 is 71.1 Å². The van der Waals surface area contributed by atoms with Gasteiger partial charge in [-0.3, -0.25) is 9.59 Å². The maximum atomic E-state index is 14.9. The van der Waals surface area contributed by atoms with Crippen LogP contribution in [0.2, 0.25) is 0 Å². The molecule has 2 atom stereocenters. The van der Waals surface area contributed by atoms with E-state index in [9.17, 15) is 71.1 Å². The average molecular weight is 630 g/mol. The van der Waals surface area contributed by atoms with Gasteiger partial charge in [0.25, 0.3) is 5.91 Å². The second kappa shape index (κ2) is 12.2. The fourth-order valence-electron chi connectivity index (χ4n) is 3.38. The van der Waals surface area contributed by atoms with Crippen LogP contribution in [0.25, 0.3) is 5.83 Å². The van der Waals surface area contributed by atoms with Gasteiger partial charge in [0.1, 0.15) is 30.1 Å². The highest BCUT2D eigenvalue weighted by molar-refractivity contribution is 5.99. The lowest BCUT2D eigenvalue weighted by Gasteiger charge is -2.20. The van der Waals surface area contributed by atoms with Gasteiger partial charge in [0.15, 0.2) is 0 Å². The molecule has 0 aliphatic carbocycles. The predicted molar refractivity (Wildman–Crippen MR) is 117 cm³/mol. The normalized spacial score (nSPS) is 14.8. The Morgan fingerprint density at radius 2 is 1.40 bits per heavy atom. The van der Waals surface area contributed by atoms with Gasteiger partial charge in [-0.05, 0) is 42.8 Å². The molecule has 2 N–H and O–H groups in total. The Kier molecular flexibility index (Phi) is 9.95. The molecule has 4 nitrogen and oxygen atoms in total. The minimum Gasteiger partial charge on any atom is -0.345 e. The Morgan fingerprint density at radius 3 is 1.90 bits per heavy atom. The molecule has 0 spiro atoms. The Morgan fingerprint density at radius 1 is 0.833 bits per heavy atom. The van der Waals surface area contributed by atoms with Gasteiger partial charge in [-0.15, -0.1) is 0 Å². The standard InChI is InChI=1S/C24H16F14N2O2/c1-10(19(41)39-9-21(27,28)29)40-20(42)13-4-2-12(7-15(13)23(33,34)35)18(26)8-14(22(30,31)32)11-3-5-17(25)16(6-11)24(36,37)38/h2-8,10,14H,9H2,1H3,(H,39,41)(H,40,42)/b18-8-. The van der Waals surface area contributed by atoms with Gasteiger partial charge in [-0.25, -0.2) is 8.78 Å². The largest absolute Gasteiger partial charge is 0.419 e. The van der Waals surface area contributed by atoms with E-state index in [0.717, 1.165) is 6.92 Å². The lowest BCUT2D eigenvalue weighted by Crippen LogP contribution is -2.47. The fraction of sp³-hybridized carbons (Fsp3) is 0.333. The van der Waals surface area contributed by atoms with Crippen molar-refractivity contribution in [2.75, 3.05) is 6.54 Å². The van der Waals surface area contributed by atoms with Crippen molar-refractivity contribution >= 4 is 17.6 Å². The van der Waals surface area contributed by atoms with E-state index in [2.05, 4.69) is 0 Å². The van der Waals surface area contributed by atoms with Crippen LogP contribution in [-0.2, 0) is 17.1 Å². The predicted octanol–water partition coefficient (Wildman–Crippen LogP) is 7.32. The number of rotatable bonds is 7. The molecule has 2 unspecified atom stereocenters. The monoisotopic (exact) mass is 630 g/mol. The highest BCUT2D eigenvalue weighted by Crippen LogP contribution is 2.42. The van der Waals surface area contributed by atoms with Gasteiger partial charge in [0, 0.05) is 5.56 Å². The summed E-state index contributed by atoms with van der Waals surface area (Å²) in [5.41, 5.74) is -7.85. The van der Waals surface area contributed by atoms with E-state index in [0.29, 0.717) is 12.1 Å². The topological polar surface area (TPSA) is 58.2 Å². The zero-order valence-electron chi connectivity index (χ0n) is 20.5. The number of hydrogen-bond acceptors (Lipinski definition) is 2. The Bertz CT molecular complexity index is 1340. The maximum absolute atomic E-state index is 14.9. The SMILES string of the molecule is CC(NC(=O)c1ccc(/C(F)=C/C(c2ccc(F)c(C(F)(F)F)c2)C(F)(F)F)cc1C(F)(F)F)C(=O)NCC(F)(F)F. The first kappa shape index (κ1) is 34.3. The van der Waals surface area contributed by atoms with Crippen molar-refractivity contribution in [2.24, 2.45) is 0 Å². The zero-order valence-corrected chi connectivity index (χ0v) is 20.5. The molecule has 0 saturated heterocycles. The number of nitrogens with one attached hydrogen (secondary N) is 2. The van der Waals surface area contributed by atoms with Crippen LogP contribution in [0.5, 0.6) is 0 Å². The van der Waals surface area contributed by atoms with Crippen molar-refractivity contribution in [3.05, 3.63) is 76.1 Å². The van der Waals surface area contributed by atoms with Crippen LogP contribution in [0.1, 0.15) is 45.5 Å². The number of alkyl halides is 12. The van der Waals surface area contributed by atoms with E-state index in [1.165, 1.54) is 5.32 Å². The summed E-state index contributed by atoms with van der Waals surface area (Å²) < 4.78 is 186. The van der Waals surface area contributed by atoms with E-state index in [4.69, 9.17) is 0 Å². The molecule has 0 heterocycles. The summed E-state index contributed by atoms with van der Waals surface area (Å²) in [7, 11) is 0. The molecule has 0 radical (unpaired) electrons. The van der Waals surface area contributed by atoms with Gasteiger partial charge in [-0.2, -0.15) is 52.7 Å². The van der Waals surface area contributed by atoms with Crippen molar-refractivity contribution in [3.63, 3.8) is 0 Å². The van der Waals surface area contributed by atoms with Crippen LogP contribution in [-0.4, -0.2) is 36.8 Å². The molecule has 2 rings (SSSR count). The van der Waals surface area contributed by atoms with E-state index in [1.807, 2.05) is 0 Å². The molecule has 2 amide bonds. The molecular weight excluding hydrogens is 614 g/mol. The highest BCUT2D eigenvalue weighted by atomic mass is 19.4. The van der Waals surface area contributed by atoms with Crippen LogP contribution in [0.15, 0.2) is 42.5 Å². The molecule has 2 aromatic carbocycles. The van der Waals surface area contributed by atoms with Crippen LogP contribution < -0.4 is 10.6 Å². The Labute approximate surface area is 226 Å². The third-order valence-electron chi connectivity index (χ3n) is 5.37. The molecule has 2 aromatic rings. The smallest absolute Gasteiger partial charge is 0.345 e. The van der Waals surface area contributed by atoms with Crippen molar-refractivity contribution in [2.45, 2.75) is 43.6 Å². The molecule has 0 fully saturated rings. The summed E-state index contributed by atoms with van der Waals surface area (Å²) in [4.78, 5) is 24.0. The third kappa shape index (κ3) is 9.07. The second-order valence-corrected chi connectivity index (χ2v) is 8.56. The zero-order chi connectivity index (χ0) is 32.4. The fourth-order valence-corrected chi connectivity index (χ4v) is 3.38. The van der Waals surface area contributed by atoms with E-state index < -0.39 is 94.5 Å². The lowest BCUT2D eigenvalue weighted by molar-refractivity contribution is -0.143. The van der Waals surface area contributed by atoms with Crippen LogP contribution in [0.4, 0.5) is 61.5 Å². The second-order valence-electron chi connectivity index (χ2n) is 8.56. The van der Waals surface area contributed by atoms with Gasteiger partial charge < -0.3 is 10.6 Å². The molecular formula is C24H16F14N2O2. The van der Waals surface area contributed by atoms with E-state index >= 15 is 0 Å². The Hall–Kier alpha value is -3.86. The minimum absolute atomic E-state index is 0.0438. The molecule has 0 aliphatic heterocycles. The Balaban J connectivity index is 2.48. The van der Waals surface area contributed by atoms with Crippen LogP contribution in [0, 0.1) is 5.82 Å². The number of benzene rings is 2. The maximum Gasteiger partial charge on any atom is 0.419 e. The number of hydrogen-bond donors (Lipinski definition) is 2. The molecule has 42 heavy (non-hydrogen) atoms. The molecule has 0 saturated carbocycles. The first-order valence-corrected chi connectivity index (χ1v) is 11.1. The molecule has 232 valence electrons. The van der Waals surface area contributed by atoms with Crippen LogP contribution in [0.3, 0.4) is 0 Å². The summed E-state index contributed by atoms with van der Waals surface area (Å²) in [5, 5.41) is 3.06. The van der Waals surface area contributed by atoms with Crippen molar-refractivity contribution in [1.82, 2.24) is 10.6 Å². The van der Waals surface area contributed by atoms with E-state index in [-0.39, 0.29) is 30.3 Å². The number of carbonyl (C=O) groups is 2. The van der Waals surface area contributed by atoms with Gasteiger partial charge in [-0.1, -0.05) is 12.1 Å². The van der Waals surface area contributed by atoms with Gasteiger partial charge in [0.2, 0.25) is 5.91 Å². The van der Waals surface area contributed by atoms with Crippen molar-refractivity contribution in [1.29, 1.82) is 0 Å². The molecule has 0 aliphatic rings. The first-order chi connectivity index (χ1) is 18.9. The molecule has 0 bridgehead atoms. The van der Waals surface area contributed by atoms with Gasteiger partial charge in [0.05, 0.1) is 16.7 Å².